The molecule has 28 heavy (non-hydrogen) atoms. The van der Waals surface area contributed by atoms with Gasteiger partial charge >= 0.3 is 5.97 Å². The van der Waals surface area contributed by atoms with Gasteiger partial charge in [0.2, 0.25) is 10.0 Å². The van der Waals surface area contributed by atoms with Crippen LogP contribution in [0.15, 0.2) is 41.3 Å². The highest BCUT2D eigenvalue weighted by molar-refractivity contribution is 7.89. The van der Waals surface area contributed by atoms with Gasteiger partial charge in [0.1, 0.15) is 5.56 Å². The molecule has 5 N–H and O–H groups in total. The Morgan fingerprint density at radius 3 is 2.32 bits per heavy atom. The number of nitrogens with one attached hydrogen (secondary N) is 1. The van der Waals surface area contributed by atoms with Gasteiger partial charge in [-0.2, -0.15) is 0 Å². The number of esters is 1. The maximum Gasteiger partial charge on any atom is 0.342 e. The summed E-state index contributed by atoms with van der Waals surface area (Å²) in [6, 6.07) is 8.63. The van der Waals surface area contributed by atoms with Crippen LogP contribution in [-0.2, 0) is 26.0 Å². The Morgan fingerprint density at radius 2 is 1.71 bits per heavy atom. The largest absolute Gasteiger partial charge is 0.504 e. The molecule has 10 heteroatoms. The fraction of sp³-hybridized carbons (Fsp3) is 0.222. The van der Waals surface area contributed by atoms with Crippen LogP contribution in [0, 0.1) is 6.92 Å². The van der Waals surface area contributed by atoms with E-state index < -0.39 is 40.0 Å². The first-order valence-corrected chi connectivity index (χ1v) is 9.71. The molecular weight excluding hydrogens is 388 g/mol. The van der Waals surface area contributed by atoms with Crippen LogP contribution in [0.1, 0.15) is 21.5 Å². The topological polar surface area (TPSA) is 156 Å². The minimum Gasteiger partial charge on any atom is -0.504 e. The van der Waals surface area contributed by atoms with E-state index in [0.717, 1.165) is 5.56 Å². The summed E-state index contributed by atoms with van der Waals surface area (Å²) in [7, 11) is -3.75. The lowest BCUT2D eigenvalue weighted by molar-refractivity contribution is -0.124. The first-order valence-electron chi connectivity index (χ1n) is 8.16. The highest BCUT2D eigenvalue weighted by atomic mass is 32.2. The number of nitrogens with two attached hydrogens (primary N) is 1. The Hall–Kier alpha value is -3.11. The van der Waals surface area contributed by atoms with Crippen molar-refractivity contribution in [1.82, 2.24) is 5.32 Å². The molecule has 0 atom stereocenters. The summed E-state index contributed by atoms with van der Waals surface area (Å²) in [5, 5.41) is 26.9. The summed E-state index contributed by atoms with van der Waals surface area (Å²) in [5.41, 5.74) is 0.930. The van der Waals surface area contributed by atoms with E-state index in [-0.39, 0.29) is 17.0 Å². The van der Waals surface area contributed by atoms with Gasteiger partial charge in [-0.25, -0.2) is 18.4 Å². The lowest BCUT2D eigenvalue weighted by Crippen LogP contribution is -2.30. The molecule has 0 spiro atoms. The molecule has 0 unspecified atom stereocenters. The van der Waals surface area contributed by atoms with Gasteiger partial charge in [0.25, 0.3) is 5.91 Å². The summed E-state index contributed by atoms with van der Waals surface area (Å²) in [5.74, 6) is -2.52. The van der Waals surface area contributed by atoms with Crippen LogP contribution in [0.4, 0.5) is 0 Å². The molecule has 0 aliphatic heterocycles. The number of hydrogen-bond acceptors (Lipinski definition) is 7. The standard InChI is InChI=1S/C18H20N2O7S/c1-11-2-7-14(17(23)16(11)22)18(24)27-10-15(21)20-9-8-12-3-5-13(6-4-12)28(19,25)26/h2-7,22-23H,8-10H2,1H3,(H,20,21)(H2,19,25,26). The van der Waals surface area contributed by atoms with E-state index in [1.165, 1.54) is 24.3 Å². The number of hydrogen-bond donors (Lipinski definition) is 4. The summed E-state index contributed by atoms with van der Waals surface area (Å²) in [6.07, 6.45) is 0.428. The van der Waals surface area contributed by atoms with Crippen molar-refractivity contribution in [3.8, 4) is 11.5 Å². The van der Waals surface area contributed by atoms with Crippen molar-refractivity contribution >= 4 is 21.9 Å². The van der Waals surface area contributed by atoms with Gasteiger partial charge in [-0.3, -0.25) is 4.79 Å². The van der Waals surface area contributed by atoms with E-state index in [1.807, 2.05) is 0 Å². The molecule has 2 aromatic rings. The molecule has 0 saturated carbocycles. The van der Waals surface area contributed by atoms with Crippen molar-refractivity contribution < 1.29 is 33.0 Å². The molecule has 150 valence electrons. The summed E-state index contributed by atoms with van der Waals surface area (Å²) >= 11 is 0. The molecule has 0 bridgehead atoms. The van der Waals surface area contributed by atoms with Gasteiger partial charge in [-0.1, -0.05) is 18.2 Å². The third kappa shape index (κ3) is 5.44. The number of phenolic OH excluding ortho intramolecular Hbond substituents is 2. The third-order valence-corrected chi connectivity index (χ3v) is 4.82. The zero-order chi connectivity index (χ0) is 20.9. The molecule has 2 aromatic carbocycles. The van der Waals surface area contributed by atoms with Crippen LogP contribution < -0.4 is 10.5 Å². The van der Waals surface area contributed by atoms with E-state index >= 15 is 0 Å². The number of aryl methyl sites for hydroxylation is 1. The maximum absolute atomic E-state index is 11.9. The zero-order valence-electron chi connectivity index (χ0n) is 15.0. The average Bonchev–Trinajstić information content (AvgIpc) is 2.64. The van der Waals surface area contributed by atoms with Crippen molar-refractivity contribution in [3.05, 3.63) is 53.1 Å². The predicted molar refractivity (Wildman–Crippen MR) is 99.3 cm³/mol. The SMILES string of the molecule is Cc1ccc(C(=O)OCC(=O)NCCc2ccc(S(N)(=O)=O)cc2)c(O)c1O. The Balaban J connectivity index is 1.80. The number of benzene rings is 2. The van der Waals surface area contributed by atoms with Crippen molar-refractivity contribution in [2.75, 3.05) is 13.2 Å². The van der Waals surface area contributed by atoms with E-state index in [1.54, 1.807) is 19.1 Å². The summed E-state index contributed by atoms with van der Waals surface area (Å²) < 4.78 is 27.2. The fourth-order valence-corrected chi connectivity index (χ4v) is 2.81. The molecule has 0 aliphatic rings. The summed E-state index contributed by atoms with van der Waals surface area (Å²) in [4.78, 5) is 23.7. The van der Waals surface area contributed by atoms with Crippen LogP contribution in [0.2, 0.25) is 0 Å². The number of carbonyl (C=O) groups is 2. The van der Waals surface area contributed by atoms with Gasteiger partial charge in [0.05, 0.1) is 4.90 Å². The second-order valence-electron chi connectivity index (χ2n) is 5.99. The van der Waals surface area contributed by atoms with Gasteiger partial charge in [-0.15, -0.1) is 0 Å². The van der Waals surface area contributed by atoms with Gasteiger partial charge in [0, 0.05) is 6.54 Å². The number of amides is 1. The molecule has 0 aromatic heterocycles. The van der Waals surface area contributed by atoms with E-state index in [4.69, 9.17) is 9.88 Å². The van der Waals surface area contributed by atoms with Crippen LogP contribution in [-0.4, -0.2) is 43.7 Å². The lowest BCUT2D eigenvalue weighted by Gasteiger charge is -2.09. The van der Waals surface area contributed by atoms with Crippen LogP contribution in [0.25, 0.3) is 0 Å². The molecule has 9 nitrogen and oxygen atoms in total. The second kappa shape index (κ2) is 8.72. The van der Waals surface area contributed by atoms with Gasteiger partial charge in [-0.05, 0) is 42.7 Å². The van der Waals surface area contributed by atoms with Crippen molar-refractivity contribution in [2.24, 2.45) is 5.14 Å². The Kier molecular flexibility index (Phi) is 6.60. The number of sulfonamides is 1. The normalized spacial score (nSPS) is 11.1. The minimum absolute atomic E-state index is 0.00223. The molecule has 0 fully saturated rings. The zero-order valence-corrected chi connectivity index (χ0v) is 15.8. The fourth-order valence-electron chi connectivity index (χ4n) is 2.30. The monoisotopic (exact) mass is 408 g/mol. The van der Waals surface area contributed by atoms with Crippen LogP contribution in [0.5, 0.6) is 11.5 Å². The number of primary sulfonamides is 1. The first kappa shape index (κ1) is 21.2. The molecule has 1 amide bonds. The Bertz CT molecular complexity index is 986. The van der Waals surface area contributed by atoms with E-state index in [9.17, 15) is 28.2 Å². The molecule has 0 radical (unpaired) electrons. The number of rotatable bonds is 7. The number of ether oxygens (including phenoxy) is 1. The molecule has 2 rings (SSSR count). The second-order valence-corrected chi connectivity index (χ2v) is 7.55. The Morgan fingerprint density at radius 1 is 1.07 bits per heavy atom. The van der Waals surface area contributed by atoms with Crippen molar-refractivity contribution in [1.29, 1.82) is 0 Å². The third-order valence-electron chi connectivity index (χ3n) is 3.89. The number of carbonyl (C=O) groups excluding carboxylic acids is 2. The smallest absolute Gasteiger partial charge is 0.342 e. The van der Waals surface area contributed by atoms with Crippen molar-refractivity contribution in [2.45, 2.75) is 18.2 Å². The van der Waals surface area contributed by atoms with Crippen LogP contribution in [0.3, 0.4) is 0 Å². The molecular formula is C18H20N2O7S. The van der Waals surface area contributed by atoms with E-state index in [2.05, 4.69) is 5.32 Å². The predicted octanol–water partition coefficient (Wildman–Crippen LogP) is 0.569. The van der Waals surface area contributed by atoms with Gasteiger partial charge in [0.15, 0.2) is 18.1 Å². The number of phenols is 2. The first-order chi connectivity index (χ1) is 13.1. The number of aromatic hydroxyl groups is 2. The highest BCUT2D eigenvalue weighted by Gasteiger charge is 2.18. The van der Waals surface area contributed by atoms with Crippen LogP contribution >= 0.6 is 0 Å². The maximum atomic E-state index is 11.9. The van der Waals surface area contributed by atoms with Gasteiger partial charge < -0.3 is 20.3 Å². The molecule has 0 heterocycles. The lowest BCUT2D eigenvalue weighted by atomic mass is 10.1. The van der Waals surface area contributed by atoms with Crippen molar-refractivity contribution in [3.63, 3.8) is 0 Å². The minimum atomic E-state index is -3.75. The molecule has 0 saturated heterocycles. The summed E-state index contributed by atoms with van der Waals surface area (Å²) in [6.45, 7) is 1.24. The highest BCUT2D eigenvalue weighted by Crippen LogP contribution is 2.32. The quantitative estimate of drug-likeness (QED) is 0.385. The van der Waals surface area contributed by atoms with E-state index in [0.29, 0.717) is 12.0 Å². The molecule has 0 aliphatic carbocycles. The average molecular weight is 408 g/mol. The Labute approximate surface area is 161 Å².